The Morgan fingerprint density at radius 2 is 2.06 bits per heavy atom. The summed E-state index contributed by atoms with van der Waals surface area (Å²) in [6.07, 6.45) is -0.0172. The van der Waals surface area contributed by atoms with Crippen LogP contribution in [0, 0.1) is 0 Å². The molecular weight excluding hydrogens is 232 g/mol. The van der Waals surface area contributed by atoms with Gasteiger partial charge in [0.15, 0.2) is 0 Å². The molecule has 18 heavy (non-hydrogen) atoms. The van der Waals surface area contributed by atoms with Crippen LogP contribution in [0.15, 0.2) is 24.3 Å². The first-order valence-corrected chi connectivity index (χ1v) is 5.86. The minimum Gasteiger partial charge on any atom is -0.481 e. The summed E-state index contributed by atoms with van der Waals surface area (Å²) in [6.45, 7) is 1.71. The summed E-state index contributed by atoms with van der Waals surface area (Å²) in [5, 5.41) is 8.89. The summed E-state index contributed by atoms with van der Waals surface area (Å²) in [5.41, 5.74) is 1.60. The molecular formula is C13H16N2O3. The molecule has 1 amide bonds. The molecule has 1 aromatic rings. The van der Waals surface area contributed by atoms with E-state index in [1.54, 1.807) is 18.0 Å². The predicted octanol–water partition coefficient (Wildman–Crippen LogP) is 0.592. The van der Waals surface area contributed by atoms with Crippen LogP contribution in [-0.4, -0.2) is 48.6 Å². The monoisotopic (exact) mass is 248 g/mol. The third-order valence-corrected chi connectivity index (χ3v) is 3.13. The molecule has 0 spiro atoms. The number of carboxylic acid groups (broad SMARTS) is 1. The number of piperazine rings is 1. The minimum absolute atomic E-state index is 0.0172. The van der Waals surface area contributed by atoms with E-state index in [1.807, 2.05) is 23.1 Å². The van der Waals surface area contributed by atoms with Gasteiger partial charge in [0, 0.05) is 25.8 Å². The highest BCUT2D eigenvalue weighted by Gasteiger charge is 2.22. The lowest BCUT2D eigenvalue weighted by Gasteiger charge is -2.34. The van der Waals surface area contributed by atoms with E-state index in [-0.39, 0.29) is 12.3 Å². The van der Waals surface area contributed by atoms with Gasteiger partial charge in [0.05, 0.1) is 13.0 Å². The molecule has 0 aliphatic carbocycles. The van der Waals surface area contributed by atoms with E-state index in [1.165, 1.54) is 0 Å². The molecule has 1 aromatic carbocycles. The van der Waals surface area contributed by atoms with E-state index < -0.39 is 5.97 Å². The zero-order valence-corrected chi connectivity index (χ0v) is 10.3. The largest absolute Gasteiger partial charge is 0.481 e. The number of hydrogen-bond acceptors (Lipinski definition) is 3. The zero-order chi connectivity index (χ0) is 13.1. The molecule has 0 bridgehead atoms. The fraction of sp³-hybridized carbons (Fsp3) is 0.385. The van der Waals surface area contributed by atoms with E-state index in [9.17, 15) is 9.59 Å². The molecule has 1 aliphatic rings. The van der Waals surface area contributed by atoms with E-state index in [4.69, 9.17) is 5.11 Å². The molecule has 1 fully saturated rings. The maximum atomic E-state index is 11.7. The molecule has 1 aliphatic heterocycles. The molecule has 0 unspecified atom stereocenters. The normalized spacial score (nSPS) is 15.9. The number of rotatable bonds is 3. The Bertz CT molecular complexity index is 473. The maximum Gasteiger partial charge on any atom is 0.307 e. The number of carboxylic acids is 1. The van der Waals surface area contributed by atoms with E-state index in [0.717, 1.165) is 17.8 Å². The Labute approximate surface area is 106 Å². The third kappa shape index (κ3) is 2.61. The first kappa shape index (κ1) is 12.4. The predicted molar refractivity (Wildman–Crippen MR) is 67.6 cm³/mol. The molecule has 5 heteroatoms. The van der Waals surface area contributed by atoms with Gasteiger partial charge in [0.25, 0.3) is 0 Å². The first-order chi connectivity index (χ1) is 8.58. The van der Waals surface area contributed by atoms with Gasteiger partial charge in [-0.15, -0.1) is 0 Å². The van der Waals surface area contributed by atoms with Crippen LogP contribution in [0.2, 0.25) is 0 Å². The van der Waals surface area contributed by atoms with Crippen molar-refractivity contribution in [1.29, 1.82) is 0 Å². The lowest BCUT2D eigenvalue weighted by atomic mass is 10.1. The summed E-state index contributed by atoms with van der Waals surface area (Å²) >= 11 is 0. The second-order valence-corrected chi connectivity index (χ2v) is 4.44. The fourth-order valence-electron chi connectivity index (χ4n) is 2.10. The smallest absolute Gasteiger partial charge is 0.307 e. The molecule has 0 aromatic heterocycles. The van der Waals surface area contributed by atoms with Gasteiger partial charge in [-0.25, -0.2) is 0 Å². The summed E-state index contributed by atoms with van der Waals surface area (Å²) < 4.78 is 0. The van der Waals surface area contributed by atoms with Gasteiger partial charge in [-0.2, -0.15) is 0 Å². The highest BCUT2D eigenvalue weighted by molar-refractivity contribution is 5.83. The van der Waals surface area contributed by atoms with Crippen molar-refractivity contribution < 1.29 is 14.7 Å². The van der Waals surface area contributed by atoms with E-state index in [2.05, 4.69) is 0 Å². The third-order valence-electron chi connectivity index (χ3n) is 3.13. The van der Waals surface area contributed by atoms with Crippen LogP contribution in [0.1, 0.15) is 5.56 Å². The van der Waals surface area contributed by atoms with Crippen molar-refractivity contribution in [2.75, 3.05) is 31.6 Å². The molecule has 2 rings (SSSR count). The van der Waals surface area contributed by atoms with Crippen molar-refractivity contribution in [3.05, 3.63) is 29.8 Å². The topological polar surface area (TPSA) is 60.9 Å². The minimum atomic E-state index is -0.858. The lowest BCUT2D eigenvalue weighted by Crippen LogP contribution is -2.48. The number of carbonyl (C=O) groups is 2. The Morgan fingerprint density at radius 1 is 1.33 bits per heavy atom. The van der Waals surface area contributed by atoms with Crippen molar-refractivity contribution >= 4 is 17.6 Å². The Hall–Kier alpha value is -2.04. The lowest BCUT2D eigenvalue weighted by molar-refractivity contribution is -0.136. The summed E-state index contributed by atoms with van der Waals surface area (Å²) in [5.74, 6) is -0.797. The van der Waals surface area contributed by atoms with E-state index in [0.29, 0.717) is 13.1 Å². The quantitative estimate of drug-likeness (QED) is 0.850. The van der Waals surface area contributed by atoms with Crippen molar-refractivity contribution in [2.24, 2.45) is 0 Å². The molecule has 0 atom stereocenters. The van der Waals surface area contributed by atoms with Crippen molar-refractivity contribution in [2.45, 2.75) is 6.42 Å². The highest BCUT2D eigenvalue weighted by Crippen LogP contribution is 2.22. The van der Waals surface area contributed by atoms with Crippen molar-refractivity contribution in [1.82, 2.24) is 4.90 Å². The number of hydrogen-bond donors (Lipinski definition) is 1. The van der Waals surface area contributed by atoms with Crippen LogP contribution in [0.3, 0.4) is 0 Å². The van der Waals surface area contributed by atoms with Gasteiger partial charge >= 0.3 is 5.97 Å². The number of benzene rings is 1. The van der Waals surface area contributed by atoms with Gasteiger partial charge in [-0.3, -0.25) is 9.59 Å². The standard InChI is InChI=1S/C13H16N2O3/c1-14-6-7-15(9-12(14)16)11-5-3-2-4-10(11)8-13(17)18/h2-5H,6-9H2,1H3,(H,17,18). The Morgan fingerprint density at radius 3 is 2.72 bits per heavy atom. The SMILES string of the molecule is CN1CCN(c2ccccc2CC(=O)O)CC1=O. The van der Waals surface area contributed by atoms with Crippen LogP contribution < -0.4 is 4.90 Å². The summed E-state index contributed by atoms with van der Waals surface area (Å²) in [7, 11) is 1.78. The van der Waals surface area contributed by atoms with Gasteiger partial charge in [-0.1, -0.05) is 18.2 Å². The van der Waals surface area contributed by atoms with Crippen LogP contribution in [0.25, 0.3) is 0 Å². The fourth-order valence-corrected chi connectivity index (χ4v) is 2.10. The van der Waals surface area contributed by atoms with Crippen LogP contribution in [0.5, 0.6) is 0 Å². The summed E-state index contributed by atoms with van der Waals surface area (Å²) in [4.78, 5) is 26.1. The van der Waals surface area contributed by atoms with Crippen LogP contribution >= 0.6 is 0 Å². The number of para-hydroxylation sites is 1. The number of likely N-dealkylation sites (N-methyl/N-ethyl adjacent to an activating group) is 1. The van der Waals surface area contributed by atoms with Crippen molar-refractivity contribution in [3.63, 3.8) is 0 Å². The second kappa shape index (κ2) is 5.08. The average molecular weight is 248 g/mol. The second-order valence-electron chi connectivity index (χ2n) is 4.44. The molecule has 1 saturated heterocycles. The molecule has 0 radical (unpaired) electrons. The van der Waals surface area contributed by atoms with Gasteiger partial charge in [0.2, 0.25) is 5.91 Å². The van der Waals surface area contributed by atoms with Crippen LogP contribution in [-0.2, 0) is 16.0 Å². The highest BCUT2D eigenvalue weighted by atomic mass is 16.4. The molecule has 5 nitrogen and oxygen atoms in total. The number of nitrogens with zero attached hydrogens (tertiary/aromatic N) is 2. The Kier molecular flexibility index (Phi) is 3.50. The van der Waals surface area contributed by atoms with Gasteiger partial charge in [-0.05, 0) is 11.6 Å². The number of anilines is 1. The van der Waals surface area contributed by atoms with Crippen molar-refractivity contribution in [3.8, 4) is 0 Å². The first-order valence-electron chi connectivity index (χ1n) is 5.86. The van der Waals surface area contributed by atoms with Crippen LogP contribution in [0.4, 0.5) is 5.69 Å². The number of carbonyl (C=O) groups excluding carboxylic acids is 1. The number of aliphatic carboxylic acids is 1. The molecule has 96 valence electrons. The zero-order valence-electron chi connectivity index (χ0n) is 10.3. The van der Waals surface area contributed by atoms with E-state index >= 15 is 0 Å². The van der Waals surface area contributed by atoms with Gasteiger partial charge < -0.3 is 14.9 Å². The summed E-state index contributed by atoms with van der Waals surface area (Å²) in [6, 6.07) is 7.35. The molecule has 1 heterocycles. The molecule has 1 N–H and O–H groups in total. The van der Waals surface area contributed by atoms with Gasteiger partial charge in [0.1, 0.15) is 0 Å². The Balaban J connectivity index is 2.22. The molecule has 0 saturated carbocycles. The number of amides is 1. The maximum absolute atomic E-state index is 11.7. The average Bonchev–Trinajstić information content (AvgIpc) is 2.33.